The van der Waals surface area contributed by atoms with Crippen LogP contribution in [-0.4, -0.2) is 34.7 Å². The Kier molecular flexibility index (Phi) is 6.06. The minimum absolute atomic E-state index is 0.0180. The van der Waals surface area contributed by atoms with Crippen molar-refractivity contribution in [1.82, 2.24) is 4.90 Å². The number of hydrogen-bond donors (Lipinski definition) is 1. The summed E-state index contributed by atoms with van der Waals surface area (Å²) in [5, 5.41) is 9.54. The van der Waals surface area contributed by atoms with Gasteiger partial charge in [0.2, 0.25) is 0 Å². The van der Waals surface area contributed by atoms with Crippen LogP contribution in [0, 0.1) is 0 Å². The predicted molar refractivity (Wildman–Crippen MR) is 75.6 cm³/mol. The first-order valence-corrected chi connectivity index (χ1v) is 6.35. The molecule has 0 aliphatic carbocycles. The summed E-state index contributed by atoms with van der Waals surface area (Å²) in [6.45, 7) is 4.92. The average Bonchev–Trinajstić information content (AvgIpc) is 2.43. The highest BCUT2D eigenvalue weighted by Crippen LogP contribution is 2.19. The maximum atomic E-state index is 11.9. The van der Waals surface area contributed by atoms with E-state index in [9.17, 15) is 9.59 Å². The van der Waals surface area contributed by atoms with Crippen molar-refractivity contribution < 1.29 is 19.4 Å². The van der Waals surface area contributed by atoms with E-state index in [2.05, 4.69) is 6.58 Å². The fourth-order valence-corrected chi connectivity index (χ4v) is 1.71. The van der Waals surface area contributed by atoms with Crippen molar-refractivity contribution in [3.63, 3.8) is 0 Å². The molecule has 0 bridgehead atoms. The molecule has 0 aliphatic rings. The largest absolute Gasteiger partial charge is 0.480 e. The summed E-state index contributed by atoms with van der Waals surface area (Å²) < 4.78 is 4.90. The van der Waals surface area contributed by atoms with Crippen molar-refractivity contribution in [3.8, 4) is 0 Å². The third-order valence-electron chi connectivity index (χ3n) is 2.68. The van der Waals surface area contributed by atoms with Gasteiger partial charge in [-0.15, -0.1) is 0 Å². The molecule has 0 heterocycles. The molecular formula is C14H16ClNO4. The van der Waals surface area contributed by atoms with E-state index >= 15 is 0 Å². The Labute approximate surface area is 122 Å². The minimum atomic E-state index is -1.12. The van der Waals surface area contributed by atoms with Crippen LogP contribution in [0.4, 0.5) is 4.79 Å². The molecule has 5 nitrogen and oxygen atoms in total. The first kappa shape index (κ1) is 16.0. The topological polar surface area (TPSA) is 66.8 Å². The summed E-state index contributed by atoms with van der Waals surface area (Å²) in [7, 11) is 0. The summed E-state index contributed by atoms with van der Waals surface area (Å²) in [6.07, 6.45) is 0.691. The molecular weight excluding hydrogens is 282 g/mol. The van der Waals surface area contributed by atoms with Gasteiger partial charge < -0.3 is 9.84 Å². The Bertz CT molecular complexity index is 504. The van der Waals surface area contributed by atoms with E-state index in [0.717, 1.165) is 4.90 Å². The van der Waals surface area contributed by atoms with Crippen LogP contribution in [0.3, 0.4) is 0 Å². The molecule has 0 radical (unpaired) electrons. The van der Waals surface area contributed by atoms with Crippen molar-refractivity contribution in [2.45, 2.75) is 19.5 Å². The first-order chi connectivity index (χ1) is 9.47. The Morgan fingerprint density at radius 2 is 2.15 bits per heavy atom. The molecule has 0 aliphatic heterocycles. The number of carbonyl (C=O) groups excluding carboxylic acids is 1. The molecule has 6 heteroatoms. The second kappa shape index (κ2) is 7.55. The Hall–Kier alpha value is -2.01. The van der Waals surface area contributed by atoms with Gasteiger partial charge in [-0.1, -0.05) is 42.5 Å². The lowest BCUT2D eigenvalue weighted by molar-refractivity contribution is -0.142. The van der Waals surface area contributed by atoms with Gasteiger partial charge in [0.25, 0.3) is 0 Å². The van der Waals surface area contributed by atoms with E-state index in [1.165, 1.54) is 13.0 Å². The molecule has 0 saturated heterocycles. The number of aliphatic carboxylic acids is 1. The molecule has 108 valence electrons. The number of carbonyl (C=O) groups is 2. The van der Waals surface area contributed by atoms with Gasteiger partial charge in [-0.25, -0.2) is 9.59 Å². The summed E-state index contributed by atoms with van der Waals surface area (Å²) >= 11 is 6.02. The lowest BCUT2D eigenvalue weighted by atomic mass is 10.2. The van der Waals surface area contributed by atoms with Gasteiger partial charge in [-0.3, -0.25) is 4.90 Å². The van der Waals surface area contributed by atoms with Crippen LogP contribution in [0.15, 0.2) is 36.9 Å². The van der Waals surface area contributed by atoms with Gasteiger partial charge in [0.1, 0.15) is 12.6 Å². The molecule has 1 N–H and O–H groups in total. The summed E-state index contributed by atoms with van der Waals surface area (Å²) in [5.41, 5.74) is 0.651. The van der Waals surface area contributed by atoms with Gasteiger partial charge >= 0.3 is 12.1 Å². The zero-order chi connectivity index (χ0) is 15.1. The highest BCUT2D eigenvalue weighted by Gasteiger charge is 2.27. The van der Waals surface area contributed by atoms with Crippen LogP contribution in [0.25, 0.3) is 0 Å². The van der Waals surface area contributed by atoms with Crippen LogP contribution >= 0.6 is 11.6 Å². The maximum absolute atomic E-state index is 11.9. The molecule has 1 rings (SSSR count). The normalized spacial score (nSPS) is 11.5. The van der Waals surface area contributed by atoms with E-state index in [4.69, 9.17) is 21.4 Å². The third kappa shape index (κ3) is 4.28. The lowest BCUT2D eigenvalue weighted by Crippen LogP contribution is -2.43. The van der Waals surface area contributed by atoms with Crippen LogP contribution in [0.2, 0.25) is 5.02 Å². The van der Waals surface area contributed by atoms with Gasteiger partial charge in [0, 0.05) is 5.02 Å². The van der Waals surface area contributed by atoms with Crippen molar-refractivity contribution in [3.05, 3.63) is 47.5 Å². The van der Waals surface area contributed by atoms with Crippen molar-refractivity contribution >= 4 is 23.7 Å². The van der Waals surface area contributed by atoms with Crippen molar-refractivity contribution in [1.29, 1.82) is 0 Å². The number of carboxylic acid groups (broad SMARTS) is 1. The smallest absolute Gasteiger partial charge is 0.411 e. The predicted octanol–water partition coefficient (Wildman–Crippen LogP) is 2.94. The van der Waals surface area contributed by atoms with Crippen LogP contribution < -0.4 is 0 Å². The minimum Gasteiger partial charge on any atom is -0.480 e. The van der Waals surface area contributed by atoms with Gasteiger partial charge in [0.15, 0.2) is 0 Å². The Morgan fingerprint density at radius 1 is 1.50 bits per heavy atom. The monoisotopic (exact) mass is 297 g/mol. The summed E-state index contributed by atoms with van der Waals surface area (Å²) in [4.78, 5) is 24.1. The van der Waals surface area contributed by atoms with Crippen LogP contribution in [0.1, 0.15) is 12.5 Å². The van der Waals surface area contributed by atoms with Gasteiger partial charge in [-0.2, -0.15) is 0 Å². The number of carboxylic acids is 1. The quantitative estimate of drug-likeness (QED) is 0.820. The Balaban J connectivity index is 2.93. The Morgan fingerprint density at radius 3 is 2.70 bits per heavy atom. The SMILES string of the molecule is C=CCOC(=O)N(Cc1ccccc1Cl)C(C)C(=O)O. The summed E-state index contributed by atoms with van der Waals surface area (Å²) in [5.74, 6) is -1.12. The van der Waals surface area contributed by atoms with E-state index in [-0.39, 0.29) is 13.2 Å². The van der Waals surface area contributed by atoms with Crippen LogP contribution in [-0.2, 0) is 16.1 Å². The number of nitrogens with zero attached hydrogens (tertiary/aromatic N) is 1. The van der Waals surface area contributed by atoms with E-state index in [1.54, 1.807) is 24.3 Å². The zero-order valence-corrected chi connectivity index (χ0v) is 11.8. The van der Waals surface area contributed by atoms with Crippen LogP contribution in [0.5, 0.6) is 0 Å². The molecule has 1 aromatic carbocycles. The highest BCUT2D eigenvalue weighted by molar-refractivity contribution is 6.31. The maximum Gasteiger partial charge on any atom is 0.411 e. The first-order valence-electron chi connectivity index (χ1n) is 5.98. The second-order valence-corrected chi connectivity index (χ2v) is 4.51. The number of amides is 1. The number of benzene rings is 1. The molecule has 0 aromatic heterocycles. The fourth-order valence-electron chi connectivity index (χ4n) is 1.52. The summed E-state index contributed by atoms with van der Waals surface area (Å²) in [6, 6.07) is 5.90. The zero-order valence-electron chi connectivity index (χ0n) is 11.1. The number of rotatable bonds is 6. The van der Waals surface area contributed by atoms with Gasteiger partial charge in [0.05, 0.1) is 6.54 Å². The molecule has 0 spiro atoms. The van der Waals surface area contributed by atoms with E-state index < -0.39 is 18.1 Å². The molecule has 1 unspecified atom stereocenters. The number of ether oxygens (including phenoxy) is 1. The molecule has 20 heavy (non-hydrogen) atoms. The average molecular weight is 298 g/mol. The molecule has 0 fully saturated rings. The van der Waals surface area contributed by atoms with Crippen molar-refractivity contribution in [2.75, 3.05) is 6.61 Å². The molecule has 1 atom stereocenters. The standard InChI is InChI=1S/C14H16ClNO4/c1-3-8-20-14(19)16(10(2)13(17)18)9-11-6-4-5-7-12(11)15/h3-7,10H,1,8-9H2,2H3,(H,17,18). The molecule has 1 aromatic rings. The lowest BCUT2D eigenvalue weighted by Gasteiger charge is -2.26. The van der Waals surface area contributed by atoms with Crippen molar-refractivity contribution in [2.24, 2.45) is 0 Å². The van der Waals surface area contributed by atoms with E-state index in [1.807, 2.05) is 0 Å². The number of halogens is 1. The third-order valence-corrected chi connectivity index (χ3v) is 3.05. The second-order valence-electron chi connectivity index (χ2n) is 4.10. The fraction of sp³-hybridized carbons (Fsp3) is 0.286. The van der Waals surface area contributed by atoms with Gasteiger partial charge in [-0.05, 0) is 18.6 Å². The van der Waals surface area contributed by atoms with E-state index in [0.29, 0.717) is 10.6 Å². The highest BCUT2D eigenvalue weighted by atomic mass is 35.5. The molecule has 1 amide bonds. The molecule has 0 saturated carbocycles. The number of hydrogen-bond acceptors (Lipinski definition) is 3.